The molecule has 0 radical (unpaired) electrons. The molecule has 0 spiro atoms. The SMILES string of the molecule is Fc1ccc(-n2nc(SCCOc3ccc(Cl)cc3)sc2=S)cc1. The number of ether oxygens (including phenoxy) is 1. The zero-order valence-electron chi connectivity index (χ0n) is 12.3. The normalized spacial score (nSPS) is 10.8. The zero-order chi connectivity index (χ0) is 16.9. The molecule has 0 aliphatic heterocycles. The second kappa shape index (κ2) is 8.11. The van der Waals surface area contributed by atoms with E-state index in [1.807, 2.05) is 12.1 Å². The molecule has 0 unspecified atom stereocenters. The third-order valence-corrected chi connectivity index (χ3v) is 5.57. The van der Waals surface area contributed by atoms with Crippen molar-refractivity contribution in [3.05, 3.63) is 63.3 Å². The third kappa shape index (κ3) is 4.57. The average Bonchev–Trinajstić information content (AvgIpc) is 2.95. The molecule has 124 valence electrons. The van der Waals surface area contributed by atoms with E-state index in [9.17, 15) is 4.39 Å². The van der Waals surface area contributed by atoms with Crippen LogP contribution in [-0.2, 0) is 0 Å². The number of hydrogen-bond donors (Lipinski definition) is 0. The van der Waals surface area contributed by atoms with Crippen LogP contribution in [0.1, 0.15) is 0 Å². The molecule has 2 aromatic carbocycles. The molecular formula is C16H12ClFN2OS3. The Morgan fingerprint density at radius 3 is 2.58 bits per heavy atom. The lowest BCUT2D eigenvalue weighted by Gasteiger charge is -2.04. The molecule has 1 aromatic heterocycles. The first-order chi connectivity index (χ1) is 11.6. The Balaban J connectivity index is 1.56. The highest BCUT2D eigenvalue weighted by molar-refractivity contribution is 8.01. The standard InChI is InChI=1S/C16H12ClFN2OS3/c17-11-1-7-14(8-2-11)21-9-10-23-15-19-20(16(22)24-15)13-5-3-12(18)4-6-13/h1-8H,9-10H2. The number of aromatic nitrogens is 2. The molecular weight excluding hydrogens is 387 g/mol. The van der Waals surface area contributed by atoms with E-state index in [1.54, 1.807) is 40.7 Å². The van der Waals surface area contributed by atoms with E-state index in [4.69, 9.17) is 28.6 Å². The van der Waals surface area contributed by atoms with Crippen LogP contribution in [0.2, 0.25) is 5.02 Å². The molecule has 0 amide bonds. The molecule has 0 saturated carbocycles. The van der Waals surface area contributed by atoms with Gasteiger partial charge < -0.3 is 4.74 Å². The van der Waals surface area contributed by atoms with Gasteiger partial charge in [-0.1, -0.05) is 34.7 Å². The van der Waals surface area contributed by atoms with Crippen LogP contribution in [0.15, 0.2) is 52.9 Å². The molecule has 0 bridgehead atoms. The first kappa shape index (κ1) is 17.4. The van der Waals surface area contributed by atoms with Crippen LogP contribution in [0.4, 0.5) is 4.39 Å². The Morgan fingerprint density at radius 1 is 1.17 bits per heavy atom. The fraction of sp³-hybridized carbons (Fsp3) is 0.125. The summed E-state index contributed by atoms with van der Waals surface area (Å²) in [6.45, 7) is 0.551. The molecule has 3 nitrogen and oxygen atoms in total. The van der Waals surface area contributed by atoms with E-state index in [1.165, 1.54) is 23.5 Å². The van der Waals surface area contributed by atoms with Crippen molar-refractivity contribution >= 4 is 46.9 Å². The van der Waals surface area contributed by atoms with Gasteiger partial charge in [-0.15, -0.1) is 5.10 Å². The summed E-state index contributed by atoms with van der Waals surface area (Å²) >= 11 is 14.1. The van der Waals surface area contributed by atoms with Crippen molar-refractivity contribution in [1.29, 1.82) is 0 Å². The van der Waals surface area contributed by atoms with Crippen molar-refractivity contribution in [1.82, 2.24) is 9.78 Å². The van der Waals surface area contributed by atoms with Gasteiger partial charge in [0.2, 0.25) is 0 Å². The largest absolute Gasteiger partial charge is 0.493 e. The monoisotopic (exact) mass is 398 g/mol. The van der Waals surface area contributed by atoms with Gasteiger partial charge in [0.25, 0.3) is 0 Å². The van der Waals surface area contributed by atoms with Crippen molar-refractivity contribution < 1.29 is 9.13 Å². The number of halogens is 2. The summed E-state index contributed by atoms with van der Waals surface area (Å²) < 4.78 is 21.8. The van der Waals surface area contributed by atoms with Crippen LogP contribution in [0, 0.1) is 9.77 Å². The Kier molecular flexibility index (Phi) is 5.89. The molecule has 0 fully saturated rings. The van der Waals surface area contributed by atoms with Crippen LogP contribution in [0.3, 0.4) is 0 Å². The topological polar surface area (TPSA) is 27.1 Å². The van der Waals surface area contributed by atoms with Gasteiger partial charge in [0.15, 0.2) is 8.29 Å². The Labute approximate surface area is 157 Å². The van der Waals surface area contributed by atoms with Crippen molar-refractivity contribution in [2.24, 2.45) is 0 Å². The fourth-order valence-electron chi connectivity index (χ4n) is 1.88. The number of rotatable bonds is 6. The van der Waals surface area contributed by atoms with Crippen LogP contribution in [0.5, 0.6) is 5.75 Å². The summed E-state index contributed by atoms with van der Waals surface area (Å²) in [4.78, 5) is 0. The van der Waals surface area contributed by atoms with E-state index < -0.39 is 0 Å². The maximum Gasteiger partial charge on any atom is 0.184 e. The summed E-state index contributed by atoms with van der Waals surface area (Å²) in [5.74, 6) is 1.24. The fourth-order valence-corrected chi connectivity index (χ4v) is 4.26. The van der Waals surface area contributed by atoms with Gasteiger partial charge in [0.05, 0.1) is 12.3 Å². The highest BCUT2D eigenvalue weighted by Crippen LogP contribution is 2.24. The third-order valence-electron chi connectivity index (χ3n) is 2.99. The van der Waals surface area contributed by atoms with E-state index in [-0.39, 0.29) is 5.82 Å². The first-order valence-corrected chi connectivity index (χ1v) is 9.58. The maximum atomic E-state index is 13.0. The highest BCUT2D eigenvalue weighted by Gasteiger charge is 2.07. The van der Waals surface area contributed by atoms with Crippen LogP contribution < -0.4 is 4.74 Å². The van der Waals surface area contributed by atoms with Crippen LogP contribution >= 0.6 is 46.9 Å². The summed E-state index contributed by atoms with van der Waals surface area (Å²) in [6, 6.07) is 13.3. The molecule has 8 heteroatoms. The van der Waals surface area contributed by atoms with E-state index in [0.717, 1.165) is 21.5 Å². The zero-order valence-corrected chi connectivity index (χ0v) is 15.5. The van der Waals surface area contributed by atoms with Crippen LogP contribution in [-0.4, -0.2) is 22.1 Å². The first-order valence-electron chi connectivity index (χ1n) is 6.99. The number of benzene rings is 2. The van der Waals surface area contributed by atoms with Gasteiger partial charge >= 0.3 is 0 Å². The van der Waals surface area contributed by atoms with Gasteiger partial charge in [-0.2, -0.15) is 0 Å². The predicted molar refractivity (Wildman–Crippen MR) is 99.9 cm³/mol. The minimum atomic E-state index is -0.283. The van der Waals surface area contributed by atoms with Gasteiger partial charge in [-0.3, -0.25) is 0 Å². The minimum absolute atomic E-state index is 0.283. The second-order valence-corrected chi connectivity index (χ2v) is 8.07. The Bertz CT molecular complexity index is 862. The molecule has 1 heterocycles. The summed E-state index contributed by atoms with van der Waals surface area (Å²) in [6.07, 6.45) is 0. The number of nitrogens with zero attached hydrogens (tertiary/aromatic N) is 2. The molecule has 0 aliphatic rings. The van der Waals surface area contributed by atoms with Crippen molar-refractivity contribution in [3.8, 4) is 11.4 Å². The number of hydrogen-bond acceptors (Lipinski definition) is 5. The second-order valence-electron chi connectivity index (χ2n) is 4.67. The van der Waals surface area contributed by atoms with Gasteiger partial charge in [0.1, 0.15) is 11.6 Å². The molecule has 0 atom stereocenters. The highest BCUT2D eigenvalue weighted by atomic mass is 35.5. The Hall–Kier alpha value is -1.41. The Morgan fingerprint density at radius 2 is 1.88 bits per heavy atom. The maximum absolute atomic E-state index is 13.0. The molecule has 24 heavy (non-hydrogen) atoms. The minimum Gasteiger partial charge on any atom is -0.493 e. The lowest BCUT2D eigenvalue weighted by molar-refractivity contribution is 0.344. The number of thioether (sulfide) groups is 1. The van der Waals surface area contributed by atoms with Gasteiger partial charge in [-0.25, -0.2) is 9.07 Å². The molecule has 3 rings (SSSR count). The van der Waals surface area contributed by atoms with Gasteiger partial charge in [-0.05, 0) is 60.7 Å². The van der Waals surface area contributed by atoms with Crippen molar-refractivity contribution in [2.75, 3.05) is 12.4 Å². The smallest absolute Gasteiger partial charge is 0.184 e. The molecule has 3 aromatic rings. The molecule has 0 saturated heterocycles. The van der Waals surface area contributed by atoms with Crippen molar-refractivity contribution in [3.63, 3.8) is 0 Å². The van der Waals surface area contributed by atoms with E-state index >= 15 is 0 Å². The molecule has 0 aliphatic carbocycles. The summed E-state index contributed by atoms with van der Waals surface area (Å²) in [5, 5.41) is 5.15. The lowest BCUT2D eigenvalue weighted by atomic mass is 10.3. The summed E-state index contributed by atoms with van der Waals surface area (Å²) in [5.41, 5.74) is 0.752. The van der Waals surface area contributed by atoms with Crippen molar-refractivity contribution in [2.45, 2.75) is 4.34 Å². The van der Waals surface area contributed by atoms with E-state index in [0.29, 0.717) is 15.6 Å². The summed E-state index contributed by atoms with van der Waals surface area (Å²) in [7, 11) is 0. The van der Waals surface area contributed by atoms with Crippen LogP contribution in [0.25, 0.3) is 5.69 Å². The average molecular weight is 399 g/mol. The lowest BCUT2D eigenvalue weighted by Crippen LogP contribution is -2.00. The van der Waals surface area contributed by atoms with E-state index in [2.05, 4.69) is 5.10 Å². The van der Waals surface area contributed by atoms with Gasteiger partial charge in [0, 0.05) is 10.8 Å². The predicted octanol–water partition coefficient (Wildman–Crippen LogP) is 5.63. The molecule has 0 N–H and O–H groups in total. The quantitative estimate of drug-likeness (QED) is 0.305.